The van der Waals surface area contributed by atoms with E-state index in [4.69, 9.17) is 9.15 Å². The van der Waals surface area contributed by atoms with E-state index in [0.717, 1.165) is 0 Å². The molecular formula is C18H11FO3. The summed E-state index contributed by atoms with van der Waals surface area (Å²) in [6.45, 7) is 0. The highest BCUT2D eigenvalue weighted by Gasteiger charge is 2.14. The monoisotopic (exact) mass is 294 g/mol. The van der Waals surface area contributed by atoms with E-state index < -0.39 is 5.82 Å². The second-order valence-corrected chi connectivity index (χ2v) is 5.07. The molecule has 0 aliphatic heterocycles. The Morgan fingerprint density at radius 2 is 1.86 bits per heavy atom. The van der Waals surface area contributed by atoms with Crippen LogP contribution in [0.25, 0.3) is 32.7 Å². The molecule has 0 bridgehead atoms. The molecule has 0 amide bonds. The van der Waals surface area contributed by atoms with Gasteiger partial charge >= 0.3 is 0 Å². The molecule has 1 aromatic heterocycles. The van der Waals surface area contributed by atoms with Crippen LogP contribution in [0.2, 0.25) is 0 Å². The topological polar surface area (TPSA) is 39.4 Å². The normalized spacial score (nSPS) is 11.4. The molecule has 0 unspecified atom stereocenters. The van der Waals surface area contributed by atoms with Crippen molar-refractivity contribution in [2.24, 2.45) is 0 Å². The van der Waals surface area contributed by atoms with Gasteiger partial charge in [0.25, 0.3) is 0 Å². The number of methoxy groups -OCH3 is 1. The van der Waals surface area contributed by atoms with Gasteiger partial charge < -0.3 is 9.15 Å². The maximum Gasteiger partial charge on any atom is 0.201 e. The van der Waals surface area contributed by atoms with E-state index in [9.17, 15) is 9.18 Å². The van der Waals surface area contributed by atoms with Crippen molar-refractivity contribution in [1.29, 1.82) is 0 Å². The molecule has 0 aliphatic rings. The molecular weight excluding hydrogens is 283 g/mol. The third kappa shape index (κ3) is 1.70. The van der Waals surface area contributed by atoms with E-state index in [1.807, 2.05) is 0 Å². The zero-order valence-electron chi connectivity index (χ0n) is 11.7. The van der Waals surface area contributed by atoms with Gasteiger partial charge in [-0.25, -0.2) is 4.39 Å². The van der Waals surface area contributed by atoms with E-state index in [0.29, 0.717) is 33.1 Å². The average molecular weight is 294 g/mol. The molecule has 3 nitrogen and oxygen atoms in total. The Hall–Kier alpha value is -2.88. The lowest BCUT2D eigenvalue weighted by Gasteiger charge is -2.07. The van der Waals surface area contributed by atoms with Gasteiger partial charge in [-0.2, -0.15) is 0 Å². The zero-order chi connectivity index (χ0) is 15.3. The van der Waals surface area contributed by atoms with E-state index in [1.165, 1.54) is 6.07 Å². The Labute approximate surface area is 124 Å². The number of hydrogen-bond donors (Lipinski definition) is 0. The van der Waals surface area contributed by atoms with Gasteiger partial charge in [-0.05, 0) is 29.7 Å². The van der Waals surface area contributed by atoms with Crippen LogP contribution in [0.15, 0.2) is 57.7 Å². The first-order valence-corrected chi connectivity index (χ1v) is 6.81. The number of rotatable bonds is 1. The first kappa shape index (κ1) is 12.8. The van der Waals surface area contributed by atoms with Gasteiger partial charge in [0.1, 0.15) is 22.7 Å². The molecule has 0 radical (unpaired) electrons. The van der Waals surface area contributed by atoms with Crippen molar-refractivity contribution in [3.63, 3.8) is 0 Å². The fraction of sp³-hybridized carbons (Fsp3) is 0.0556. The Bertz CT molecular complexity index is 1100. The molecule has 22 heavy (non-hydrogen) atoms. The van der Waals surface area contributed by atoms with Gasteiger partial charge in [-0.1, -0.05) is 18.2 Å². The number of ether oxygens (including phenoxy) is 1. The summed E-state index contributed by atoms with van der Waals surface area (Å²) in [6, 6.07) is 13.2. The summed E-state index contributed by atoms with van der Waals surface area (Å²) in [5.74, 6) is 0.172. The van der Waals surface area contributed by atoms with Crippen molar-refractivity contribution in [2.45, 2.75) is 0 Å². The minimum absolute atomic E-state index is 0.241. The van der Waals surface area contributed by atoms with Crippen molar-refractivity contribution in [3.05, 3.63) is 64.6 Å². The zero-order valence-corrected chi connectivity index (χ0v) is 11.7. The summed E-state index contributed by atoms with van der Waals surface area (Å²) in [5, 5.41) is 1.65. The molecule has 4 aromatic rings. The van der Waals surface area contributed by atoms with Crippen molar-refractivity contribution in [1.82, 2.24) is 0 Å². The van der Waals surface area contributed by atoms with Crippen LogP contribution in [0.1, 0.15) is 0 Å². The summed E-state index contributed by atoms with van der Waals surface area (Å²) in [7, 11) is 1.54. The minimum Gasteiger partial charge on any atom is -0.497 e. The second kappa shape index (κ2) is 4.56. The quantitative estimate of drug-likeness (QED) is 0.389. The number of benzene rings is 3. The van der Waals surface area contributed by atoms with E-state index >= 15 is 0 Å². The molecule has 3 aromatic carbocycles. The highest BCUT2D eigenvalue weighted by atomic mass is 19.1. The van der Waals surface area contributed by atoms with E-state index in [2.05, 4.69) is 0 Å². The maximum absolute atomic E-state index is 14.2. The fourth-order valence-electron chi connectivity index (χ4n) is 2.78. The third-order valence-electron chi connectivity index (χ3n) is 3.84. The summed E-state index contributed by atoms with van der Waals surface area (Å²) in [6.07, 6.45) is 0. The smallest absolute Gasteiger partial charge is 0.201 e. The SMILES string of the molecule is COc1ccc2c(=O)c3c(ccc4cccc(F)c43)oc2c1. The predicted molar refractivity (Wildman–Crippen MR) is 84.0 cm³/mol. The highest BCUT2D eigenvalue weighted by molar-refractivity contribution is 6.08. The first-order chi connectivity index (χ1) is 10.7. The van der Waals surface area contributed by atoms with Crippen LogP contribution in [0.3, 0.4) is 0 Å². The summed E-state index contributed by atoms with van der Waals surface area (Å²) in [5.41, 5.74) is 0.547. The third-order valence-corrected chi connectivity index (χ3v) is 3.84. The lowest BCUT2D eigenvalue weighted by molar-refractivity contribution is 0.414. The largest absolute Gasteiger partial charge is 0.497 e. The molecule has 0 saturated carbocycles. The molecule has 0 fully saturated rings. The number of halogens is 1. The van der Waals surface area contributed by atoms with Gasteiger partial charge in [-0.15, -0.1) is 0 Å². The van der Waals surface area contributed by atoms with Gasteiger partial charge in [0.2, 0.25) is 5.43 Å². The van der Waals surface area contributed by atoms with Crippen LogP contribution >= 0.6 is 0 Å². The molecule has 0 atom stereocenters. The van der Waals surface area contributed by atoms with E-state index in [1.54, 1.807) is 49.6 Å². The molecule has 0 saturated heterocycles. The van der Waals surface area contributed by atoms with Gasteiger partial charge in [0.05, 0.1) is 17.9 Å². The molecule has 4 rings (SSSR count). The Morgan fingerprint density at radius 1 is 1.00 bits per heavy atom. The Kier molecular flexibility index (Phi) is 2.66. The molecule has 1 heterocycles. The van der Waals surface area contributed by atoms with Crippen LogP contribution in [0.4, 0.5) is 4.39 Å². The van der Waals surface area contributed by atoms with Crippen LogP contribution < -0.4 is 10.2 Å². The van der Waals surface area contributed by atoms with Crippen LogP contribution in [-0.2, 0) is 0 Å². The Morgan fingerprint density at radius 3 is 2.68 bits per heavy atom. The summed E-state index contributed by atoms with van der Waals surface area (Å²) in [4.78, 5) is 12.8. The number of fused-ring (bicyclic) bond motifs is 4. The molecule has 4 heteroatoms. The van der Waals surface area contributed by atoms with Crippen LogP contribution in [-0.4, -0.2) is 7.11 Å². The molecule has 0 spiro atoms. The van der Waals surface area contributed by atoms with Gasteiger partial charge in [-0.3, -0.25) is 4.79 Å². The van der Waals surface area contributed by atoms with Crippen molar-refractivity contribution in [2.75, 3.05) is 7.11 Å². The average Bonchev–Trinajstić information content (AvgIpc) is 2.54. The summed E-state index contributed by atoms with van der Waals surface area (Å²) >= 11 is 0. The predicted octanol–water partition coefficient (Wildman–Crippen LogP) is 4.25. The Balaban J connectivity index is 2.27. The standard InChI is InChI=1S/C18H11FO3/c1-21-11-6-7-12-15(9-11)22-14-8-5-10-3-2-4-13(19)16(10)17(14)18(12)20/h2-9H,1H3. The lowest BCUT2D eigenvalue weighted by atomic mass is 10.0. The molecule has 0 aliphatic carbocycles. The molecule has 108 valence electrons. The maximum atomic E-state index is 14.2. The van der Waals surface area contributed by atoms with Crippen molar-refractivity contribution < 1.29 is 13.5 Å². The van der Waals surface area contributed by atoms with Gasteiger partial charge in [0.15, 0.2) is 0 Å². The van der Waals surface area contributed by atoms with Crippen molar-refractivity contribution >= 4 is 32.7 Å². The first-order valence-electron chi connectivity index (χ1n) is 6.81. The van der Waals surface area contributed by atoms with E-state index in [-0.39, 0.29) is 10.8 Å². The minimum atomic E-state index is -0.428. The van der Waals surface area contributed by atoms with Crippen molar-refractivity contribution in [3.8, 4) is 5.75 Å². The van der Waals surface area contributed by atoms with Crippen LogP contribution in [0, 0.1) is 5.82 Å². The van der Waals surface area contributed by atoms with Gasteiger partial charge in [0, 0.05) is 11.5 Å². The highest BCUT2D eigenvalue weighted by Crippen LogP contribution is 2.29. The fourth-order valence-corrected chi connectivity index (χ4v) is 2.78. The number of hydrogen-bond acceptors (Lipinski definition) is 3. The second-order valence-electron chi connectivity index (χ2n) is 5.07. The lowest BCUT2D eigenvalue weighted by Crippen LogP contribution is -2.03. The van der Waals surface area contributed by atoms with Crippen LogP contribution in [0.5, 0.6) is 5.75 Å². The summed E-state index contributed by atoms with van der Waals surface area (Å²) < 4.78 is 25.1. The molecule has 0 N–H and O–H groups in total.